The molecule has 9 rings (SSSR count). The number of hydrogen-bond acceptors (Lipinski definition) is 0. The van der Waals surface area contributed by atoms with Crippen LogP contribution in [0.4, 0.5) is 8.78 Å². The first-order valence-electron chi connectivity index (χ1n) is 16.1. The van der Waals surface area contributed by atoms with E-state index in [-0.39, 0.29) is 11.6 Å². The fourth-order valence-corrected chi connectivity index (χ4v) is 7.20. The van der Waals surface area contributed by atoms with Gasteiger partial charge in [0.05, 0.1) is 0 Å². The van der Waals surface area contributed by atoms with Gasteiger partial charge < -0.3 is 0 Å². The summed E-state index contributed by atoms with van der Waals surface area (Å²) >= 11 is 0. The molecule has 0 nitrogen and oxygen atoms in total. The topological polar surface area (TPSA) is 0 Å². The first-order chi connectivity index (χ1) is 23.6. The second kappa shape index (κ2) is 11.3. The quantitative estimate of drug-likeness (QED) is 0.172. The highest BCUT2D eigenvalue weighted by molar-refractivity contribution is 6.21. The second-order valence-electron chi connectivity index (χ2n) is 12.4. The maximum Gasteiger partial charge on any atom is 0.123 e. The van der Waals surface area contributed by atoms with Crippen LogP contribution in [0.2, 0.25) is 0 Å². The summed E-state index contributed by atoms with van der Waals surface area (Å²) in [5, 5.41) is 8.61. The minimum absolute atomic E-state index is 0.226. The Hall–Kier alpha value is -6.12. The van der Waals surface area contributed by atoms with Gasteiger partial charge in [-0.1, -0.05) is 133 Å². The van der Waals surface area contributed by atoms with Crippen LogP contribution in [0.25, 0.3) is 87.6 Å². The van der Waals surface area contributed by atoms with Crippen LogP contribution in [0.3, 0.4) is 0 Å². The minimum Gasteiger partial charge on any atom is -0.207 e. The van der Waals surface area contributed by atoms with Gasteiger partial charge in [0.15, 0.2) is 0 Å². The summed E-state index contributed by atoms with van der Waals surface area (Å²) in [7, 11) is 0. The fraction of sp³-hybridized carbons (Fsp3) is 0. The Balaban J connectivity index is 1.15. The Morgan fingerprint density at radius 2 is 0.562 bits per heavy atom. The maximum atomic E-state index is 13.9. The Kier molecular flexibility index (Phi) is 6.62. The molecule has 0 aliphatic heterocycles. The molecule has 0 aliphatic carbocycles. The molecule has 9 aromatic carbocycles. The Labute approximate surface area is 277 Å². The predicted octanol–water partition coefficient (Wildman–Crippen LogP) is 13.2. The molecule has 0 bridgehead atoms. The van der Waals surface area contributed by atoms with Crippen molar-refractivity contribution in [3.63, 3.8) is 0 Å². The van der Waals surface area contributed by atoms with Gasteiger partial charge in [0.1, 0.15) is 11.6 Å². The van der Waals surface area contributed by atoms with E-state index >= 15 is 0 Å². The zero-order valence-electron chi connectivity index (χ0n) is 25.9. The van der Waals surface area contributed by atoms with Crippen molar-refractivity contribution in [2.75, 3.05) is 0 Å². The summed E-state index contributed by atoms with van der Waals surface area (Å²) in [5.74, 6) is -0.452. The van der Waals surface area contributed by atoms with Gasteiger partial charge in [-0.05, 0) is 124 Å². The Morgan fingerprint density at radius 3 is 0.938 bits per heavy atom. The van der Waals surface area contributed by atoms with Crippen LogP contribution in [-0.4, -0.2) is 0 Å². The number of rotatable bonds is 4. The first-order valence-corrected chi connectivity index (χ1v) is 16.1. The molecule has 2 heteroatoms. The summed E-state index contributed by atoms with van der Waals surface area (Å²) in [6.07, 6.45) is 0. The van der Waals surface area contributed by atoms with Crippen LogP contribution in [0.1, 0.15) is 0 Å². The third-order valence-corrected chi connectivity index (χ3v) is 9.55. The van der Waals surface area contributed by atoms with Crippen molar-refractivity contribution in [3.05, 3.63) is 181 Å². The van der Waals surface area contributed by atoms with Gasteiger partial charge in [-0.3, -0.25) is 0 Å². The molecule has 0 aromatic heterocycles. The van der Waals surface area contributed by atoms with E-state index in [0.29, 0.717) is 0 Å². The SMILES string of the molecule is Fc1ccc2ccc(-c3ccc(-c4c5ccccc5c(-c5ccc(-c6ccc7ccc(F)cc7c6)cc5)c5ccccc45)cc3)cc2c1. The largest absolute Gasteiger partial charge is 0.207 e. The lowest BCUT2D eigenvalue weighted by Crippen LogP contribution is -1.91. The zero-order chi connectivity index (χ0) is 32.2. The fourth-order valence-electron chi connectivity index (χ4n) is 7.20. The van der Waals surface area contributed by atoms with Crippen molar-refractivity contribution in [2.24, 2.45) is 0 Å². The summed E-state index contributed by atoms with van der Waals surface area (Å²) in [5.41, 5.74) is 9.00. The smallest absolute Gasteiger partial charge is 0.123 e. The van der Waals surface area contributed by atoms with Crippen molar-refractivity contribution in [2.45, 2.75) is 0 Å². The molecule has 0 amide bonds. The predicted molar refractivity (Wildman–Crippen MR) is 198 cm³/mol. The Morgan fingerprint density at radius 1 is 0.250 bits per heavy atom. The molecule has 9 aromatic rings. The molecule has 0 aliphatic rings. The lowest BCUT2D eigenvalue weighted by atomic mass is 9.85. The molecule has 0 unspecified atom stereocenters. The van der Waals surface area contributed by atoms with Crippen molar-refractivity contribution < 1.29 is 8.78 Å². The number of benzene rings is 9. The second-order valence-corrected chi connectivity index (χ2v) is 12.4. The third kappa shape index (κ3) is 4.82. The van der Waals surface area contributed by atoms with E-state index in [1.807, 2.05) is 24.3 Å². The van der Waals surface area contributed by atoms with Crippen molar-refractivity contribution in [1.82, 2.24) is 0 Å². The average Bonchev–Trinajstić information content (AvgIpc) is 3.13. The van der Waals surface area contributed by atoms with Gasteiger partial charge in [0, 0.05) is 0 Å². The van der Waals surface area contributed by atoms with Crippen LogP contribution in [-0.2, 0) is 0 Å². The van der Waals surface area contributed by atoms with Crippen LogP contribution < -0.4 is 0 Å². The molecule has 0 fully saturated rings. The lowest BCUT2D eigenvalue weighted by molar-refractivity contribution is 0.629. The highest BCUT2D eigenvalue weighted by Gasteiger charge is 2.17. The van der Waals surface area contributed by atoms with Gasteiger partial charge >= 0.3 is 0 Å². The van der Waals surface area contributed by atoms with E-state index in [0.717, 1.165) is 54.9 Å². The Bertz CT molecular complexity index is 2420. The van der Waals surface area contributed by atoms with E-state index in [1.165, 1.54) is 44.8 Å². The number of halogens is 2. The molecule has 0 saturated carbocycles. The molecule has 0 saturated heterocycles. The normalized spacial score (nSPS) is 11.5. The summed E-state index contributed by atoms with van der Waals surface area (Å²) < 4.78 is 27.9. The molecule has 0 radical (unpaired) electrons. The van der Waals surface area contributed by atoms with Gasteiger partial charge in [-0.25, -0.2) is 8.78 Å². The maximum absolute atomic E-state index is 13.9. The molecule has 0 spiro atoms. The van der Waals surface area contributed by atoms with Crippen LogP contribution in [0, 0.1) is 11.6 Å². The molecule has 0 N–H and O–H groups in total. The molecule has 48 heavy (non-hydrogen) atoms. The van der Waals surface area contributed by atoms with Crippen LogP contribution in [0.15, 0.2) is 170 Å². The van der Waals surface area contributed by atoms with Gasteiger partial charge in [0.2, 0.25) is 0 Å². The highest BCUT2D eigenvalue weighted by atomic mass is 19.1. The number of fused-ring (bicyclic) bond motifs is 4. The van der Waals surface area contributed by atoms with Crippen molar-refractivity contribution >= 4 is 43.1 Å². The van der Waals surface area contributed by atoms with Gasteiger partial charge in [0.25, 0.3) is 0 Å². The minimum atomic E-state index is -0.226. The molecule has 0 heterocycles. The third-order valence-electron chi connectivity index (χ3n) is 9.55. The summed E-state index contributed by atoms with van der Waals surface area (Å²) in [6, 6.07) is 57.0. The highest BCUT2D eigenvalue weighted by Crippen LogP contribution is 2.44. The number of hydrogen-bond donors (Lipinski definition) is 0. The van der Waals surface area contributed by atoms with Crippen LogP contribution >= 0.6 is 0 Å². The molecule has 226 valence electrons. The zero-order valence-corrected chi connectivity index (χ0v) is 25.9. The van der Waals surface area contributed by atoms with Gasteiger partial charge in [-0.15, -0.1) is 0 Å². The van der Waals surface area contributed by atoms with E-state index in [4.69, 9.17) is 0 Å². The van der Waals surface area contributed by atoms with E-state index in [1.54, 1.807) is 12.1 Å². The van der Waals surface area contributed by atoms with Crippen molar-refractivity contribution in [3.8, 4) is 44.5 Å². The summed E-state index contributed by atoms with van der Waals surface area (Å²) in [6.45, 7) is 0. The van der Waals surface area contributed by atoms with Gasteiger partial charge in [-0.2, -0.15) is 0 Å². The van der Waals surface area contributed by atoms with E-state index in [2.05, 4.69) is 121 Å². The van der Waals surface area contributed by atoms with E-state index in [9.17, 15) is 8.78 Å². The van der Waals surface area contributed by atoms with Crippen LogP contribution in [0.5, 0.6) is 0 Å². The van der Waals surface area contributed by atoms with Crippen molar-refractivity contribution in [1.29, 1.82) is 0 Å². The monoisotopic (exact) mass is 618 g/mol. The summed E-state index contributed by atoms with van der Waals surface area (Å²) in [4.78, 5) is 0. The molecular weight excluding hydrogens is 591 g/mol. The standard InChI is InChI=1S/C46H28F2/c47-39-23-21-31-13-19-35(25-37(31)27-39)29-9-15-33(16-10-29)45-41-5-1-2-6-42(41)46(44-8-4-3-7-43(44)45)34-17-11-30(12-18-34)36-20-14-32-22-24-40(48)28-38(32)26-36/h1-28H. The lowest BCUT2D eigenvalue weighted by Gasteiger charge is -2.18. The molecular formula is C46H28F2. The first kappa shape index (κ1) is 28.1. The average molecular weight is 619 g/mol. The molecule has 0 atom stereocenters. The van der Waals surface area contributed by atoms with E-state index < -0.39 is 0 Å².